The molecule has 0 aromatic rings. The van der Waals surface area contributed by atoms with Crippen LogP contribution < -0.4 is 0 Å². The van der Waals surface area contributed by atoms with Crippen LogP contribution in [0.4, 0.5) is 0 Å². The maximum Gasteiger partial charge on any atom is 0.136 e. The maximum atomic E-state index is 9.22. The van der Waals surface area contributed by atoms with Gasteiger partial charge in [0.2, 0.25) is 0 Å². The Labute approximate surface area is 90.0 Å². The molecule has 0 bridgehead atoms. The summed E-state index contributed by atoms with van der Waals surface area (Å²) in [5, 5.41) is 9.22. The summed E-state index contributed by atoms with van der Waals surface area (Å²) in [5.41, 5.74) is 0. The first kappa shape index (κ1) is 12.9. The fourth-order valence-corrected chi connectivity index (χ4v) is 2.15. The molecule has 0 saturated carbocycles. The molecule has 1 unspecified atom stereocenters. The molecule has 0 heterocycles. The molecule has 0 radical (unpaired) electrons. The van der Waals surface area contributed by atoms with Gasteiger partial charge in [-0.25, -0.2) is 0 Å². The molecule has 0 aromatic heterocycles. The molecule has 2 nitrogen and oxygen atoms in total. The third kappa shape index (κ3) is 5.29. The van der Waals surface area contributed by atoms with Crippen LogP contribution >= 0.6 is 24.0 Å². The zero-order chi connectivity index (χ0) is 10.3. The number of hydrogen-bond donors (Lipinski definition) is 1. The highest BCUT2D eigenvalue weighted by Gasteiger charge is 2.07. The molecule has 0 saturated heterocycles. The van der Waals surface area contributed by atoms with Crippen molar-refractivity contribution in [1.29, 1.82) is 0 Å². The van der Waals surface area contributed by atoms with Gasteiger partial charge in [0, 0.05) is 18.8 Å². The van der Waals surface area contributed by atoms with Gasteiger partial charge >= 0.3 is 0 Å². The fraction of sp³-hybridized carbons (Fsp3) is 0.667. The van der Waals surface area contributed by atoms with Crippen molar-refractivity contribution in [2.45, 2.75) is 20.0 Å². The Bertz CT molecular complexity index is 169. The monoisotopic (exact) mass is 219 g/mol. The molecule has 1 atom stereocenters. The van der Waals surface area contributed by atoms with E-state index in [9.17, 15) is 5.11 Å². The summed E-state index contributed by atoms with van der Waals surface area (Å²) in [6, 6.07) is 0. The Morgan fingerprint density at radius 3 is 2.54 bits per heavy atom. The number of hydrogen-bond acceptors (Lipinski definition) is 3. The summed E-state index contributed by atoms with van der Waals surface area (Å²) in [7, 11) is 0. The molecule has 0 aliphatic heterocycles. The van der Waals surface area contributed by atoms with Gasteiger partial charge in [-0.3, -0.25) is 0 Å². The zero-order valence-electron chi connectivity index (χ0n) is 8.19. The minimum Gasteiger partial charge on any atom is -0.388 e. The van der Waals surface area contributed by atoms with E-state index in [4.69, 9.17) is 12.2 Å². The SMILES string of the molecule is C=CC(O)CSC(=S)N(CC)CC. The van der Waals surface area contributed by atoms with Crippen LogP contribution in [0, 0.1) is 0 Å². The van der Waals surface area contributed by atoms with E-state index in [0.717, 1.165) is 17.4 Å². The Morgan fingerprint density at radius 1 is 1.62 bits per heavy atom. The van der Waals surface area contributed by atoms with E-state index >= 15 is 0 Å². The van der Waals surface area contributed by atoms with Crippen LogP contribution in [0.2, 0.25) is 0 Å². The van der Waals surface area contributed by atoms with Crippen molar-refractivity contribution in [3.63, 3.8) is 0 Å². The van der Waals surface area contributed by atoms with Crippen LogP contribution in [0.25, 0.3) is 0 Å². The van der Waals surface area contributed by atoms with E-state index in [1.807, 2.05) is 0 Å². The second-order valence-electron chi connectivity index (χ2n) is 2.55. The van der Waals surface area contributed by atoms with Gasteiger partial charge in [0.25, 0.3) is 0 Å². The van der Waals surface area contributed by atoms with Crippen molar-refractivity contribution < 1.29 is 5.11 Å². The molecule has 1 N–H and O–H groups in total. The summed E-state index contributed by atoms with van der Waals surface area (Å²) < 4.78 is 0.853. The van der Waals surface area contributed by atoms with Gasteiger partial charge in [-0.1, -0.05) is 30.1 Å². The van der Waals surface area contributed by atoms with Crippen molar-refractivity contribution in [3.8, 4) is 0 Å². The average molecular weight is 219 g/mol. The molecular weight excluding hydrogens is 202 g/mol. The van der Waals surface area contributed by atoms with Crippen molar-refractivity contribution in [1.82, 2.24) is 4.90 Å². The van der Waals surface area contributed by atoms with E-state index < -0.39 is 6.10 Å². The maximum absolute atomic E-state index is 9.22. The van der Waals surface area contributed by atoms with Gasteiger partial charge in [-0.2, -0.15) is 0 Å². The van der Waals surface area contributed by atoms with Crippen molar-refractivity contribution >= 4 is 28.3 Å². The fourth-order valence-electron chi connectivity index (χ4n) is 0.798. The second kappa shape index (κ2) is 7.35. The van der Waals surface area contributed by atoms with E-state index in [1.165, 1.54) is 17.8 Å². The van der Waals surface area contributed by atoms with Gasteiger partial charge in [-0.05, 0) is 13.8 Å². The molecule has 4 heteroatoms. The topological polar surface area (TPSA) is 23.5 Å². The standard InChI is InChI=1S/C9H17NOS2/c1-4-8(11)7-13-9(12)10(5-2)6-3/h4,8,11H,1,5-7H2,2-3H3. The molecule has 76 valence electrons. The van der Waals surface area contributed by atoms with Gasteiger partial charge in [0.15, 0.2) is 0 Å². The van der Waals surface area contributed by atoms with Gasteiger partial charge in [0.1, 0.15) is 4.32 Å². The van der Waals surface area contributed by atoms with Crippen molar-refractivity contribution in [3.05, 3.63) is 12.7 Å². The summed E-state index contributed by atoms with van der Waals surface area (Å²) >= 11 is 6.69. The quantitative estimate of drug-likeness (QED) is 0.563. The van der Waals surface area contributed by atoms with Crippen LogP contribution in [0.3, 0.4) is 0 Å². The Balaban J connectivity index is 3.78. The summed E-state index contributed by atoms with van der Waals surface area (Å²) in [6.07, 6.45) is 1.07. The largest absolute Gasteiger partial charge is 0.388 e. The van der Waals surface area contributed by atoms with E-state index in [1.54, 1.807) is 0 Å². The number of aliphatic hydroxyl groups excluding tert-OH is 1. The van der Waals surface area contributed by atoms with Crippen molar-refractivity contribution in [2.24, 2.45) is 0 Å². The van der Waals surface area contributed by atoms with Gasteiger partial charge < -0.3 is 10.0 Å². The summed E-state index contributed by atoms with van der Waals surface area (Å²) in [4.78, 5) is 2.09. The van der Waals surface area contributed by atoms with Crippen LogP contribution in [-0.4, -0.2) is 39.3 Å². The molecule has 0 aliphatic carbocycles. The predicted molar refractivity (Wildman–Crippen MR) is 64.2 cm³/mol. The Hall–Kier alpha value is -0.0600. The zero-order valence-corrected chi connectivity index (χ0v) is 9.83. The highest BCUT2D eigenvalue weighted by molar-refractivity contribution is 8.22. The summed E-state index contributed by atoms with van der Waals surface area (Å²) in [5.74, 6) is 0.596. The van der Waals surface area contributed by atoms with Crippen LogP contribution in [-0.2, 0) is 0 Å². The number of rotatable bonds is 5. The third-order valence-electron chi connectivity index (χ3n) is 1.67. The normalized spacial score (nSPS) is 12.2. The van der Waals surface area contributed by atoms with Crippen LogP contribution in [0.15, 0.2) is 12.7 Å². The third-order valence-corrected chi connectivity index (χ3v) is 3.30. The molecule has 0 aliphatic rings. The molecule has 0 fully saturated rings. The number of nitrogens with zero attached hydrogens (tertiary/aromatic N) is 1. The Morgan fingerprint density at radius 2 is 2.15 bits per heavy atom. The number of thioether (sulfide) groups is 1. The van der Waals surface area contributed by atoms with Crippen LogP contribution in [0.1, 0.15) is 13.8 Å². The van der Waals surface area contributed by atoms with Crippen molar-refractivity contribution in [2.75, 3.05) is 18.8 Å². The highest BCUT2D eigenvalue weighted by atomic mass is 32.2. The minimum atomic E-state index is -0.460. The molecule has 0 spiro atoms. The molecule has 0 aromatic carbocycles. The minimum absolute atomic E-state index is 0.460. The predicted octanol–water partition coefficient (Wildman–Crippen LogP) is 1.89. The summed E-state index contributed by atoms with van der Waals surface area (Å²) in [6.45, 7) is 9.49. The molecule has 13 heavy (non-hydrogen) atoms. The molecule has 0 rings (SSSR count). The first-order chi connectivity index (χ1) is 6.15. The average Bonchev–Trinajstić information content (AvgIpc) is 2.16. The van der Waals surface area contributed by atoms with Gasteiger partial charge in [0.05, 0.1) is 6.10 Å². The van der Waals surface area contributed by atoms with E-state index in [0.29, 0.717) is 5.75 Å². The smallest absolute Gasteiger partial charge is 0.136 e. The molecule has 0 amide bonds. The van der Waals surface area contributed by atoms with E-state index in [2.05, 4.69) is 25.3 Å². The van der Waals surface area contributed by atoms with Crippen LogP contribution in [0.5, 0.6) is 0 Å². The first-order valence-corrected chi connectivity index (χ1v) is 5.77. The second-order valence-corrected chi connectivity index (χ2v) is 4.21. The lowest BCUT2D eigenvalue weighted by atomic mass is 10.4. The van der Waals surface area contributed by atoms with Gasteiger partial charge in [-0.15, -0.1) is 6.58 Å². The number of aliphatic hydroxyl groups is 1. The molecular formula is C9H17NOS2. The lowest BCUT2D eigenvalue weighted by Gasteiger charge is -2.21. The lowest BCUT2D eigenvalue weighted by molar-refractivity contribution is 0.249. The lowest BCUT2D eigenvalue weighted by Crippen LogP contribution is -2.27. The van der Waals surface area contributed by atoms with E-state index in [-0.39, 0.29) is 0 Å². The number of thiocarbonyl (C=S) groups is 1. The Kier molecular flexibility index (Phi) is 7.32. The highest BCUT2D eigenvalue weighted by Crippen LogP contribution is 2.10. The first-order valence-electron chi connectivity index (χ1n) is 4.38.